The molecule has 6 heteroatoms. The summed E-state index contributed by atoms with van der Waals surface area (Å²) in [5.41, 5.74) is 6.57. The topological polar surface area (TPSA) is 90.7 Å². The van der Waals surface area contributed by atoms with E-state index in [1.165, 1.54) is 0 Å². The van der Waals surface area contributed by atoms with Crippen LogP contribution in [0.4, 0.5) is 0 Å². The van der Waals surface area contributed by atoms with Crippen LogP contribution in [0.2, 0.25) is 0 Å². The van der Waals surface area contributed by atoms with Crippen LogP contribution >= 0.6 is 0 Å². The van der Waals surface area contributed by atoms with Gasteiger partial charge in [0.1, 0.15) is 11.5 Å². The number of aryl methyl sites for hydroxylation is 1. The summed E-state index contributed by atoms with van der Waals surface area (Å²) in [7, 11) is 0. The Morgan fingerprint density at radius 1 is 1.28 bits per heavy atom. The average Bonchev–Trinajstić information content (AvgIpc) is 2.75. The van der Waals surface area contributed by atoms with Gasteiger partial charge in [-0.3, -0.25) is 0 Å². The van der Waals surface area contributed by atoms with Gasteiger partial charge in [-0.05, 0) is 18.4 Å². The minimum Gasteiger partial charge on any atom is -0.337 e. The quantitative estimate of drug-likeness (QED) is 0.871. The Morgan fingerprint density at radius 2 is 2.00 bits per heavy atom. The van der Waals surface area contributed by atoms with Crippen molar-refractivity contribution in [3.63, 3.8) is 0 Å². The lowest BCUT2D eigenvalue weighted by atomic mass is 9.87. The first-order valence-corrected chi connectivity index (χ1v) is 5.77. The molecule has 0 amide bonds. The van der Waals surface area contributed by atoms with Gasteiger partial charge in [-0.15, -0.1) is 0 Å². The average molecular weight is 247 g/mol. The SMILES string of the molecule is Cc1nccc(-c2noc([C@H](N)C(C)(C)C)n2)n1. The maximum Gasteiger partial charge on any atom is 0.244 e. The van der Waals surface area contributed by atoms with Crippen molar-refractivity contribution in [1.29, 1.82) is 0 Å². The van der Waals surface area contributed by atoms with E-state index in [4.69, 9.17) is 10.3 Å². The third kappa shape index (κ3) is 2.53. The van der Waals surface area contributed by atoms with Gasteiger partial charge in [0.2, 0.25) is 11.7 Å². The zero-order chi connectivity index (χ0) is 13.3. The number of hydrogen-bond acceptors (Lipinski definition) is 6. The van der Waals surface area contributed by atoms with E-state index in [9.17, 15) is 0 Å². The first-order chi connectivity index (χ1) is 8.38. The van der Waals surface area contributed by atoms with E-state index in [2.05, 4.69) is 20.1 Å². The molecule has 0 aliphatic carbocycles. The van der Waals surface area contributed by atoms with Crippen molar-refractivity contribution in [3.8, 4) is 11.5 Å². The summed E-state index contributed by atoms with van der Waals surface area (Å²) in [5, 5.41) is 3.91. The molecule has 2 heterocycles. The minimum absolute atomic E-state index is 0.134. The predicted octanol–water partition coefficient (Wildman–Crippen LogP) is 1.88. The molecular formula is C12H17N5O. The third-order valence-electron chi connectivity index (χ3n) is 2.65. The van der Waals surface area contributed by atoms with E-state index in [-0.39, 0.29) is 11.5 Å². The fraction of sp³-hybridized carbons (Fsp3) is 0.500. The minimum atomic E-state index is -0.304. The maximum absolute atomic E-state index is 6.06. The Bertz CT molecular complexity index is 543. The molecule has 2 aromatic rings. The zero-order valence-corrected chi connectivity index (χ0v) is 11.0. The van der Waals surface area contributed by atoms with E-state index >= 15 is 0 Å². The fourth-order valence-electron chi connectivity index (χ4n) is 1.42. The second-order valence-electron chi connectivity index (χ2n) is 5.29. The summed E-state index contributed by atoms with van der Waals surface area (Å²) >= 11 is 0. The molecule has 0 unspecified atom stereocenters. The summed E-state index contributed by atoms with van der Waals surface area (Å²) in [5.74, 6) is 1.53. The van der Waals surface area contributed by atoms with Gasteiger partial charge in [0.25, 0.3) is 0 Å². The number of rotatable bonds is 2. The van der Waals surface area contributed by atoms with E-state index in [1.807, 2.05) is 27.7 Å². The van der Waals surface area contributed by atoms with Crippen molar-refractivity contribution < 1.29 is 4.52 Å². The molecule has 0 saturated heterocycles. The van der Waals surface area contributed by atoms with E-state index < -0.39 is 0 Å². The molecule has 0 aromatic carbocycles. The van der Waals surface area contributed by atoms with Gasteiger partial charge >= 0.3 is 0 Å². The lowest BCUT2D eigenvalue weighted by Gasteiger charge is -2.23. The Hall–Kier alpha value is -1.82. The van der Waals surface area contributed by atoms with Crippen LogP contribution in [0.15, 0.2) is 16.8 Å². The summed E-state index contributed by atoms with van der Waals surface area (Å²) in [4.78, 5) is 12.6. The van der Waals surface area contributed by atoms with Crippen molar-refractivity contribution in [3.05, 3.63) is 24.0 Å². The summed E-state index contributed by atoms with van der Waals surface area (Å²) < 4.78 is 5.20. The van der Waals surface area contributed by atoms with E-state index in [1.54, 1.807) is 12.3 Å². The van der Waals surface area contributed by atoms with E-state index in [0.717, 1.165) is 0 Å². The van der Waals surface area contributed by atoms with Crippen LogP contribution in [0, 0.1) is 12.3 Å². The monoisotopic (exact) mass is 247 g/mol. The van der Waals surface area contributed by atoms with Gasteiger partial charge < -0.3 is 10.3 Å². The Labute approximate surface area is 106 Å². The Kier molecular flexibility index (Phi) is 3.13. The molecule has 2 aromatic heterocycles. The molecular weight excluding hydrogens is 230 g/mol. The van der Waals surface area contributed by atoms with Crippen molar-refractivity contribution in [2.24, 2.45) is 11.1 Å². The molecule has 1 atom stereocenters. The van der Waals surface area contributed by atoms with Gasteiger partial charge in [-0.1, -0.05) is 25.9 Å². The fourth-order valence-corrected chi connectivity index (χ4v) is 1.42. The highest BCUT2D eigenvalue weighted by Gasteiger charge is 2.27. The van der Waals surface area contributed by atoms with Gasteiger partial charge in [0.05, 0.1) is 6.04 Å². The van der Waals surface area contributed by atoms with Crippen LogP contribution in [0.5, 0.6) is 0 Å². The summed E-state index contributed by atoms with van der Waals surface area (Å²) in [6.45, 7) is 7.88. The molecule has 0 aliphatic heterocycles. The van der Waals surface area contributed by atoms with Crippen LogP contribution in [-0.2, 0) is 0 Å². The maximum atomic E-state index is 6.06. The van der Waals surface area contributed by atoms with Crippen molar-refractivity contribution in [2.75, 3.05) is 0 Å². The lowest BCUT2D eigenvalue weighted by Crippen LogP contribution is -2.26. The first kappa shape index (κ1) is 12.6. The standard InChI is InChI=1S/C12H17N5O/c1-7-14-6-5-8(15-7)10-16-11(18-17-10)9(13)12(2,3)4/h5-6,9H,13H2,1-4H3/t9-/m0/s1. The second-order valence-corrected chi connectivity index (χ2v) is 5.29. The number of nitrogens with two attached hydrogens (primary N) is 1. The zero-order valence-electron chi connectivity index (χ0n) is 11.0. The molecule has 0 spiro atoms. The summed E-state index contributed by atoms with van der Waals surface area (Å²) in [6, 6.07) is 1.44. The molecule has 0 bridgehead atoms. The molecule has 6 nitrogen and oxygen atoms in total. The molecule has 0 saturated carbocycles. The van der Waals surface area contributed by atoms with Crippen molar-refractivity contribution in [2.45, 2.75) is 33.7 Å². The first-order valence-electron chi connectivity index (χ1n) is 5.77. The second kappa shape index (κ2) is 4.45. The predicted molar refractivity (Wildman–Crippen MR) is 66.4 cm³/mol. The van der Waals surface area contributed by atoms with Crippen molar-refractivity contribution in [1.82, 2.24) is 20.1 Å². The van der Waals surface area contributed by atoms with Crippen LogP contribution in [-0.4, -0.2) is 20.1 Å². The van der Waals surface area contributed by atoms with Gasteiger partial charge in [0.15, 0.2) is 0 Å². The van der Waals surface area contributed by atoms with Crippen LogP contribution in [0.1, 0.15) is 38.5 Å². The van der Waals surface area contributed by atoms with Crippen LogP contribution in [0.3, 0.4) is 0 Å². The largest absolute Gasteiger partial charge is 0.337 e. The molecule has 0 aliphatic rings. The number of nitrogens with zero attached hydrogens (tertiary/aromatic N) is 4. The van der Waals surface area contributed by atoms with E-state index in [0.29, 0.717) is 23.2 Å². The normalized spacial score (nSPS) is 13.6. The third-order valence-corrected chi connectivity index (χ3v) is 2.65. The van der Waals surface area contributed by atoms with Gasteiger partial charge in [-0.2, -0.15) is 4.98 Å². The summed E-state index contributed by atoms with van der Waals surface area (Å²) in [6.07, 6.45) is 1.66. The van der Waals surface area contributed by atoms with Crippen LogP contribution < -0.4 is 5.73 Å². The highest BCUT2D eigenvalue weighted by molar-refractivity contribution is 5.47. The number of hydrogen-bond donors (Lipinski definition) is 1. The Morgan fingerprint density at radius 3 is 2.61 bits per heavy atom. The van der Waals surface area contributed by atoms with Gasteiger partial charge in [0, 0.05) is 6.20 Å². The van der Waals surface area contributed by atoms with Crippen LogP contribution in [0.25, 0.3) is 11.5 Å². The number of aromatic nitrogens is 4. The molecule has 18 heavy (non-hydrogen) atoms. The van der Waals surface area contributed by atoms with Gasteiger partial charge in [-0.25, -0.2) is 9.97 Å². The molecule has 2 rings (SSSR count). The molecule has 0 fully saturated rings. The lowest BCUT2D eigenvalue weighted by molar-refractivity contribution is 0.253. The van der Waals surface area contributed by atoms with Crippen molar-refractivity contribution >= 4 is 0 Å². The molecule has 2 N–H and O–H groups in total. The smallest absolute Gasteiger partial charge is 0.244 e. The molecule has 0 radical (unpaired) electrons. The highest BCUT2D eigenvalue weighted by atomic mass is 16.5. The Balaban J connectivity index is 2.31. The molecule has 96 valence electrons. The highest BCUT2D eigenvalue weighted by Crippen LogP contribution is 2.30.